The monoisotopic (exact) mass is 402 g/mol. The fourth-order valence-electron chi connectivity index (χ4n) is 2.49. The summed E-state index contributed by atoms with van der Waals surface area (Å²) < 4.78 is 23.4. The highest BCUT2D eigenvalue weighted by molar-refractivity contribution is 5.96. The van der Waals surface area contributed by atoms with Crippen molar-refractivity contribution in [2.45, 2.75) is 26.9 Å². The van der Waals surface area contributed by atoms with Crippen LogP contribution in [0.25, 0.3) is 0 Å². The summed E-state index contributed by atoms with van der Waals surface area (Å²) in [6, 6.07) is 11.2. The van der Waals surface area contributed by atoms with Crippen LogP contribution in [0.2, 0.25) is 0 Å². The second-order valence-corrected chi connectivity index (χ2v) is 6.38. The SMILES string of the molecule is Cc1cccc(C)c1NC(=O)CNC(=O)C(C)OC(=O)COc1ccccc1F. The average Bonchev–Trinajstić information content (AvgIpc) is 2.68. The van der Waals surface area contributed by atoms with E-state index in [1.807, 2.05) is 32.0 Å². The molecule has 0 fully saturated rings. The molecule has 7 nitrogen and oxygen atoms in total. The smallest absolute Gasteiger partial charge is 0.344 e. The molecule has 0 saturated heterocycles. The summed E-state index contributed by atoms with van der Waals surface area (Å²) in [6.07, 6.45) is -1.14. The Hall–Kier alpha value is -3.42. The van der Waals surface area contributed by atoms with Gasteiger partial charge in [-0.1, -0.05) is 30.3 Å². The molecule has 0 radical (unpaired) electrons. The number of halogens is 1. The van der Waals surface area contributed by atoms with E-state index in [4.69, 9.17) is 9.47 Å². The van der Waals surface area contributed by atoms with Gasteiger partial charge in [0.2, 0.25) is 5.91 Å². The van der Waals surface area contributed by atoms with Gasteiger partial charge >= 0.3 is 5.97 Å². The van der Waals surface area contributed by atoms with E-state index in [0.717, 1.165) is 11.1 Å². The molecule has 0 aliphatic heterocycles. The van der Waals surface area contributed by atoms with Crippen molar-refractivity contribution >= 4 is 23.5 Å². The molecule has 2 N–H and O–H groups in total. The van der Waals surface area contributed by atoms with E-state index in [9.17, 15) is 18.8 Å². The highest BCUT2D eigenvalue weighted by atomic mass is 19.1. The van der Waals surface area contributed by atoms with Crippen molar-refractivity contribution in [1.29, 1.82) is 0 Å². The van der Waals surface area contributed by atoms with Gasteiger partial charge in [-0.05, 0) is 44.0 Å². The second kappa shape index (κ2) is 10.2. The number of aryl methyl sites for hydroxylation is 2. The van der Waals surface area contributed by atoms with Crippen molar-refractivity contribution in [3.8, 4) is 5.75 Å². The van der Waals surface area contributed by atoms with Crippen LogP contribution in [0.3, 0.4) is 0 Å². The quantitative estimate of drug-likeness (QED) is 0.662. The zero-order valence-electron chi connectivity index (χ0n) is 16.5. The van der Waals surface area contributed by atoms with Crippen LogP contribution < -0.4 is 15.4 Å². The fraction of sp³-hybridized carbons (Fsp3) is 0.286. The van der Waals surface area contributed by atoms with E-state index < -0.39 is 36.3 Å². The average molecular weight is 402 g/mol. The highest BCUT2D eigenvalue weighted by Crippen LogP contribution is 2.19. The molecular weight excluding hydrogens is 379 g/mol. The number of benzene rings is 2. The maximum Gasteiger partial charge on any atom is 0.344 e. The van der Waals surface area contributed by atoms with E-state index in [1.54, 1.807) is 6.07 Å². The van der Waals surface area contributed by atoms with Gasteiger partial charge in [-0.15, -0.1) is 0 Å². The number of hydrogen-bond donors (Lipinski definition) is 2. The molecule has 2 amide bonds. The number of hydrogen-bond acceptors (Lipinski definition) is 5. The molecule has 0 spiro atoms. The predicted octanol–water partition coefficient (Wildman–Crippen LogP) is 2.51. The van der Waals surface area contributed by atoms with Crippen LogP contribution in [0.5, 0.6) is 5.75 Å². The number of ether oxygens (including phenoxy) is 2. The van der Waals surface area contributed by atoms with Crippen molar-refractivity contribution in [2.24, 2.45) is 0 Å². The van der Waals surface area contributed by atoms with Crippen LogP contribution in [0.1, 0.15) is 18.1 Å². The number of para-hydroxylation sites is 2. The molecule has 0 heterocycles. The molecular formula is C21H23FN2O5. The summed E-state index contributed by atoms with van der Waals surface area (Å²) >= 11 is 0. The molecule has 0 aliphatic carbocycles. The van der Waals surface area contributed by atoms with Crippen LogP contribution in [0, 0.1) is 19.7 Å². The number of carbonyl (C=O) groups is 3. The van der Waals surface area contributed by atoms with Crippen molar-refractivity contribution in [3.63, 3.8) is 0 Å². The second-order valence-electron chi connectivity index (χ2n) is 6.38. The van der Waals surface area contributed by atoms with Gasteiger partial charge in [-0.2, -0.15) is 0 Å². The van der Waals surface area contributed by atoms with Gasteiger partial charge in [0, 0.05) is 5.69 Å². The molecule has 1 unspecified atom stereocenters. The van der Waals surface area contributed by atoms with Crippen LogP contribution in [0.15, 0.2) is 42.5 Å². The Morgan fingerprint density at radius 2 is 1.69 bits per heavy atom. The van der Waals surface area contributed by atoms with Crippen LogP contribution in [-0.4, -0.2) is 37.0 Å². The molecule has 2 aromatic carbocycles. The van der Waals surface area contributed by atoms with Gasteiger partial charge in [0.15, 0.2) is 24.3 Å². The number of carbonyl (C=O) groups excluding carboxylic acids is 3. The third-order valence-electron chi connectivity index (χ3n) is 4.03. The molecule has 154 valence electrons. The van der Waals surface area contributed by atoms with Crippen LogP contribution in [0.4, 0.5) is 10.1 Å². The predicted molar refractivity (Wildman–Crippen MR) is 105 cm³/mol. The first-order valence-corrected chi connectivity index (χ1v) is 8.98. The van der Waals surface area contributed by atoms with Gasteiger partial charge in [0.1, 0.15) is 0 Å². The Morgan fingerprint density at radius 1 is 1.03 bits per heavy atom. The first-order chi connectivity index (χ1) is 13.8. The minimum Gasteiger partial charge on any atom is -0.479 e. The van der Waals surface area contributed by atoms with Crippen molar-refractivity contribution in [3.05, 3.63) is 59.4 Å². The molecule has 0 bridgehead atoms. The normalized spacial score (nSPS) is 11.3. The maximum atomic E-state index is 13.4. The minimum atomic E-state index is -1.14. The Labute approximate surface area is 168 Å². The molecule has 0 aromatic heterocycles. The summed E-state index contributed by atoms with van der Waals surface area (Å²) in [6.45, 7) is 4.27. The third kappa shape index (κ3) is 6.60. The molecule has 29 heavy (non-hydrogen) atoms. The number of anilines is 1. The lowest BCUT2D eigenvalue weighted by atomic mass is 10.1. The van der Waals surface area contributed by atoms with Gasteiger partial charge in [-0.25, -0.2) is 9.18 Å². The third-order valence-corrected chi connectivity index (χ3v) is 4.03. The first kappa shape index (κ1) is 21.9. The summed E-state index contributed by atoms with van der Waals surface area (Å²) in [4.78, 5) is 35.9. The number of amides is 2. The summed E-state index contributed by atoms with van der Waals surface area (Å²) in [5.74, 6) is -2.58. The van der Waals surface area contributed by atoms with E-state index in [2.05, 4.69) is 10.6 Å². The maximum absolute atomic E-state index is 13.4. The number of rotatable bonds is 8. The van der Waals surface area contributed by atoms with E-state index >= 15 is 0 Å². The molecule has 0 saturated carbocycles. The summed E-state index contributed by atoms with van der Waals surface area (Å²) in [5, 5.41) is 5.14. The van der Waals surface area contributed by atoms with Crippen molar-refractivity contribution < 1.29 is 28.2 Å². The molecule has 0 aliphatic rings. The van der Waals surface area contributed by atoms with E-state index in [0.29, 0.717) is 5.69 Å². The van der Waals surface area contributed by atoms with Crippen molar-refractivity contribution in [1.82, 2.24) is 5.32 Å². The topological polar surface area (TPSA) is 93.7 Å². The van der Waals surface area contributed by atoms with Crippen LogP contribution in [-0.2, 0) is 19.1 Å². The van der Waals surface area contributed by atoms with E-state index in [-0.39, 0.29) is 12.3 Å². The largest absolute Gasteiger partial charge is 0.479 e. The molecule has 2 aromatic rings. The standard InChI is InChI=1S/C21H23FN2O5/c1-13-7-6-8-14(2)20(13)24-18(25)11-23-21(27)15(3)29-19(26)12-28-17-10-5-4-9-16(17)22/h4-10,15H,11-12H2,1-3H3,(H,23,27)(H,24,25). The van der Waals surface area contributed by atoms with Gasteiger partial charge in [0.25, 0.3) is 5.91 Å². The zero-order valence-corrected chi connectivity index (χ0v) is 16.5. The lowest BCUT2D eigenvalue weighted by molar-refractivity contribution is -0.156. The van der Waals surface area contributed by atoms with Gasteiger partial charge in [0.05, 0.1) is 6.54 Å². The van der Waals surface area contributed by atoms with Gasteiger partial charge < -0.3 is 20.1 Å². The van der Waals surface area contributed by atoms with E-state index in [1.165, 1.54) is 25.1 Å². The molecule has 1 atom stereocenters. The fourth-order valence-corrected chi connectivity index (χ4v) is 2.49. The lowest BCUT2D eigenvalue weighted by Gasteiger charge is -2.15. The van der Waals surface area contributed by atoms with Crippen LogP contribution >= 0.6 is 0 Å². The molecule has 8 heteroatoms. The first-order valence-electron chi connectivity index (χ1n) is 8.98. The highest BCUT2D eigenvalue weighted by Gasteiger charge is 2.19. The zero-order chi connectivity index (χ0) is 21.4. The Kier molecular flexibility index (Phi) is 7.70. The number of nitrogens with one attached hydrogen (secondary N) is 2. The number of esters is 1. The summed E-state index contributed by atoms with van der Waals surface area (Å²) in [7, 11) is 0. The van der Waals surface area contributed by atoms with Gasteiger partial charge in [-0.3, -0.25) is 9.59 Å². The Bertz CT molecular complexity index is 880. The lowest BCUT2D eigenvalue weighted by Crippen LogP contribution is -2.40. The minimum absolute atomic E-state index is 0.0928. The van der Waals surface area contributed by atoms with Crippen molar-refractivity contribution in [2.75, 3.05) is 18.5 Å². The Balaban J connectivity index is 1.76. The summed E-state index contributed by atoms with van der Waals surface area (Å²) in [5.41, 5.74) is 2.50. The molecule has 2 rings (SSSR count). The Morgan fingerprint density at radius 3 is 2.34 bits per heavy atom.